The van der Waals surface area contributed by atoms with Gasteiger partial charge in [0.1, 0.15) is 5.82 Å². The van der Waals surface area contributed by atoms with Gasteiger partial charge >= 0.3 is 0 Å². The van der Waals surface area contributed by atoms with Gasteiger partial charge in [-0.15, -0.1) is 0 Å². The zero-order valence-electron chi connectivity index (χ0n) is 13.8. The van der Waals surface area contributed by atoms with Crippen molar-refractivity contribution in [3.05, 3.63) is 65.5 Å². The Morgan fingerprint density at radius 2 is 1.88 bits per heavy atom. The standard InChI is InChI=1S/C18H19FN2O3S/c1-20-25(23,24)17-9-5-14(6-10-17)18(22)21(16-7-8-16)12-13-3-2-4-15(19)11-13/h2-6,9-11,16,20H,7-8,12H2,1H3. The lowest BCUT2D eigenvalue weighted by atomic mass is 10.1. The molecule has 0 spiro atoms. The molecule has 0 saturated heterocycles. The molecular formula is C18H19FN2O3S. The molecule has 0 unspecified atom stereocenters. The molecule has 132 valence electrons. The van der Waals surface area contributed by atoms with Gasteiger partial charge in [0.25, 0.3) is 5.91 Å². The maximum absolute atomic E-state index is 13.4. The van der Waals surface area contributed by atoms with Crippen LogP contribution < -0.4 is 4.72 Å². The Balaban J connectivity index is 1.81. The van der Waals surface area contributed by atoms with Gasteiger partial charge in [0, 0.05) is 18.2 Å². The predicted octanol–water partition coefficient (Wildman–Crippen LogP) is 2.54. The van der Waals surface area contributed by atoms with Crippen LogP contribution >= 0.6 is 0 Å². The molecular weight excluding hydrogens is 343 g/mol. The number of rotatable bonds is 6. The lowest BCUT2D eigenvalue weighted by Gasteiger charge is -2.23. The molecule has 0 radical (unpaired) electrons. The molecule has 1 fully saturated rings. The van der Waals surface area contributed by atoms with E-state index < -0.39 is 10.0 Å². The maximum atomic E-state index is 13.4. The van der Waals surface area contributed by atoms with Crippen molar-refractivity contribution in [2.75, 3.05) is 7.05 Å². The topological polar surface area (TPSA) is 66.5 Å². The van der Waals surface area contributed by atoms with E-state index in [1.54, 1.807) is 17.0 Å². The van der Waals surface area contributed by atoms with Crippen LogP contribution in [0.3, 0.4) is 0 Å². The van der Waals surface area contributed by atoms with E-state index in [1.807, 2.05) is 0 Å². The van der Waals surface area contributed by atoms with E-state index in [-0.39, 0.29) is 22.7 Å². The number of nitrogens with zero attached hydrogens (tertiary/aromatic N) is 1. The number of benzene rings is 2. The Morgan fingerprint density at radius 3 is 2.44 bits per heavy atom. The molecule has 2 aromatic rings. The summed E-state index contributed by atoms with van der Waals surface area (Å²) in [6.45, 7) is 0.331. The van der Waals surface area contributed by atoms with Crippen LogP contribution in [0.5, 0.6) is 0 Å². The van der Waals surface area contributed by atoms with Gasteiger partial charge in [0.15, 0.2) is 0 Å². The smallest absolute Gasteiger partial charge is 0.254 e. The summed E-state index contributed by atoms with van der Waals surface area (Å²) in [6.07, 6.45) is 1.85. The lowest BCUT2D eigenvalue weighted by molar-refractivity contribution is 0.0729. The van der Waals surface area contributed by atoms with Crippen molar-refractivity contribution >= 4 is 15.9 Å². The zero-order chi connectivity index (χ0) is 18.0. The summed E-state index contributed by atoms with van der Waals surface area (Å²) in [5, 5.41) is 0. The summed E-state index contributed by atoms with van der Waals surface area (Å²) in [4.78, 5) is 14.6. The fourth-order valence-corrected chi connectivity index (χ4v) is 3.38. The molecule has 3 rings (SSSR count). The minimum absolute atomic E-state index is 0.106. The van der Waals surface area contributed by atoms with Gasteiger partial charge in [0.2, 0.25) is 10.0 Å². The van der Waals surface area contributed by atoms with E-state index in [0.717, 1.165) is 18.4 Å². The molecule has 2 aromatic carbocycles. The third kappa shape index (κ3) is 4.05. The van der Waals surface area contributed by atoms with Gasteiger partial charge in [0.05, 0.1) is 4.90 Å². The van der Waals surface area contributed by atoms with Crippen molar-refractivity contribution in [3.8, 4) is 0 Å². The van der Waals surface area contributed by atoms with Crippen molar-refractivity contribution < 1.29 is 17.6 Å². The molecule has 1 amide bonds. The first-order valence-corrected chi connectivity index (χ1v) is 9.48. The number of hydrogen-bond acceptors (Lipinski definition) is 3. The van der Waals surface area contributed by atoms with Crippen molar-refractivity contribution in [3.63, 3.8) is 0 Å². The van der Waals surface area contributed by atoms with Crippen molar-refractivity contribution in [1.82, 2.24) is 9.62 Å². The molecule has 0 bridgehead atoms. The highest BCUT2D eigenvalue weighted by Crippen LogP contribution is 2.30. The van der Waals surface area contributed by atoms with E-state index in [9.17, 15) is 17.6 Å². The van der Waals surface area contributed by atoms with Crippen LogP contribution in [-0.2, 0) is 16.6 Å². The highest BCUT2D eigenvalue weighted by Gasteiger charge is 2.33. The minimum Gasteiger partial charge on any atom is -0.331 e. The van der Waals surface area contributed by atoms with Crippen LogP contribution in [-0.4, -0.2) is 32.3 Å². The summed E-state index contributed by atoms with van der Waals surface area (Å²) in [5.41, 5.74) is 1.15. The van der Waals surface area contributed by atoms with E-state index >= 15 is 0 Å². The number of sulfonamides is 1. The molecule has 0 heterocycles. The quantitative estimate of drug-likeness (QED) is 0.859. The summed E-state index contributed by atoms with van der Waals surface area (Å²) >= 11 is 0. The van der Waals surface area contributed by atoms with Crippen LogP contribution in [0.2, 0.25) is 0 Å². The third-order valence-electron chi connectivity index (χ3n) is 4.17. The fraction of sp³-hybridized carbons (Fsp3) is 0.278. The predicted molar refractivity (Wildman–Crippen MR) is 92.0 cm³/mol. The normalized spacial score (nSPS) is 14.3. The van der Waals surface area contributed by atoms with E-state index in [0.29, 0.717) is 12.1 Å². The van der Waals surface area contributed by atoms with Crippen LogP contribution in [0, 0.1) is 5.82 Å². The highest BCUT2D eigenvalue weighted by molar-refractivity contribution is 7.89. The number of carbonyl (C=O) groups is 1. The van der Waals surface area contributed by atoms with E-state index in [4.69, 9.17) is 0 Å². The summed E-state index contributed by atoms with van der Waals surface area (Å²) in [5.74, 6) is -0.512. The van der Waals surface area contributed by atoms with Crippen LogP contribution in [0.25, 0.3) is 0 Å². The van der Waals surface area contributed by atoms with Crippen LogP contribution in [0.15, 0.2) is 53.4 Å². The summed E-state index contributed by atoms with van der Waals surface area (Å²) < 4.78 is 39.1. The van der Waals surface area contributed by atoms with Gasteiger partial charge in [-0.05, 0) is 61.9 Å². The average Bonchev–Trinajstić information content (AvgIpc) is 3.44. The fourth-order valence-electron chi connectivity index (χ4n) is 2.65. The van der Waals surface area contributed by atoms with Gasteiger partial charge in [-0.2, -0.15) is 0 Å². The molecule has 1 aliphatic rings. The van der Waals surface area contributed by atoms with Crippen LogP contribution in [0.1, 0.15) is 28.8 Å². The number of hydrogen-bond donors (Lipinski definition) is 1. The van der Waals surface area contributed by atoms with E-state index in [2.05, 4.69) is 4.72 Å². The molecule has 1 N–H and O–H groups in total. The lowest BCUT2D eigenvalue weighted by Crippen LogP contribution is -2.32. The third-order valence-corrected chi connectivity index (χ3v) is 5.60. The number of amides is 1. The Labute approximate surface area is 146 Å². The van der Waals surface area contributed by atoms with E-state index in [1.165, 1.54) is 43.4 Å². The monoisotopic (exact) mass is 362 g/mol. The molecule has 25 heavy (non-hydrogen) atoms. The Hall–Kier alpha value is -2.25. The van der Waals surface area contributed by atoms with Crippen LogP contribution in [0.4, 0.5) is 4.39 Å². The molecule has 7 heteroatoms. The second-order valence-electron chi connectivity index (χ2n) is 6.03. The molecule has 0 atom stereocenters. The Morgan fingerprint density at radius 1 is 1.20 bits per heavy atom. The van der Waals surface area contributed by atoms with Crippen molar-refractivity contribution in [1.29, 1.82) is 0 Å². The van der Waals surface area contributed by atoms with Gasteiger partial charge in [-0.1, -0.05) is 12.1 Å². The minimum atomic E-state index is -3.53. The zero-order valence-corrected chi connectivity index (χ0v) is 14.6. The SMILES string of the molecule is CNS(=O)(=O)c1ccc(C(=O)N(Cc2cccc(F)c2)C2CC2)cc1. The average molecular weight is 362 g/mol. The summed E-state index contributed by atoms with van der Waals surface area (Å²) in [7, 11) is -2.20. The van der Waals surface area contributed by atoms with Crippen molar-refractivity contribution in [2.45, 2.75) is 30.3 Å². The van der Waals surface area contributed by atoms with Gasteiger partial charge in [-0.3, -0.25) is 4.79 Å². The molecule has 5 nitrogen and oxygen atoms in total. The molecule has 1 aliphatic carbocycles. The number of carbonyl (C=O) groups excluding carboxylic acids is 1. The van der Waals surface area contributed by atoms with Gasteiger partial charge < -0.3 is 4.90 Å². The highest BCUT2D eigenvalue weighted by atomic mass is 32.2. The first-order chi connectivity index (χ1) is 11.9. The molecule has 0 aromatic heterocycles. The van der Waals surface area contributed by atoms with Crippen molar-refractivity contribution in [2.24, 2.45) is 0 Å². The second kappa shape index (κ2) is 6.93. The first-order valence-electron chi connectivity index (χ1n) is 8.00. The number of halogens is 1. The Kier molecular flexibility index (Phi) is 4.87. The largest absolute Gasteiger partial charge is 0.331 e. The maximum Gasteiger partial charge on any atom is 0.254 e. The molecule has 0 aliphatic heterocycles. The second-order valence-corrected chi connectivity index (χ2v) is 7.91. The number of nitrogens with one attached hydrogen (secondary N) is 1. The molecule has 1 saturated carbocycles. The van der Waals surface area contributed by atoms with Gasteiger partial charge in [-0.25, -0.2) is 17.5 Å². The Bertz CT molecular complexity index is 877. The first kappa shape index (κ1) is 17.6. The summed E-state index contributed by atoms with van der Waals surface area (Å²) in [6, 6.07) is 12.2.